The van der Waals surface area contributed by atoms with Crippen LogP contribution in [0.4, 0.5) is 0 Å². The average Bonchev–Trinajstić information content (AvgIpc) is 2.57. The highest BCUT2D eigenvalue weighted by atomic mass is 79.9. The second-order valence-electron chi connectivity index (χ2n) is 5.53. The highest BCUT2D eigenvalue weighted by Crippen LogP contribution is 2.26. The smallest absolute Gasteiger partial charge is 0.0175 e. The Hall–Kier alpha value is -1.86. The highest BCUT2D eigenvalue weighted by Gasteiger charge is 2.01. The van der Waals surface area contributed by atoms with E-state index in [1.165, 1.54) is 34.2 Å². The molecule has 0 heterocycles. The van der Waals surface area contributed by atoms with Crippen LogP contribution in [0.5, 0.6) is 0 Å². The first-order valence-corrected chi connectivity index (χ1v) is 8.51. The standard InChI is InChI=1S/C21H19Br/c1-2-3-16-4-6-17(7-5-16)18-8-10-19(11-9-18)20-12-14-21(22)15-13-20/h4-15H,2-3H2,1H3. The summed E-state index contributed by atoms with van der Waals surface area (Å²) in [7, 11) is 0. The van der Waals surface area contributed by atoms with Gasteiger partial charge in [0.25, 0.3) is 0 Å². The van der Waals surface area contributed by atoms with E-state index in [0.717, 1.165) is 10.9 Å². The van der Waals surface area contributed by atoms with Gasteiger partial charge in [0.1, 0.15) is 0 Å². The fourth-order valence-electron chi connectivity index (χ4n) is 2.65. The Bertz CT molecular complexity index is 722. The van der Waals surface area contributed by atoms with Gasteiger partial charge in [-0.05, 0) is 46.4 Å². The summed E-state index contributed by atoms with van der Waals surface area (Å²) in [5.74, 6) is 0. The van der Waals surface area contributed by atoms with Crippen LogP contribution in [0.1, 0.15) is 18.9 Å². The zero-order chi connectivity index (χ0) is 15.4. The number of hydrogen-bond donors (Lipinski definition) is 0. The van der Waals surface area contributed by atoms with E-state index in [2.05, 4.69) is 95.7 Å². The maximum absolute atomic E-state index is 3.48. The first-order valence-electron chi connectivity index (χ1n) is 7.71. The van der Waals surface area contributed by atoms with Gasteiger partial charge in [-0.1, -0.05) is 89.9 Å². The third-order valence-corrected chi connectivity index (χ3v) is 4.42. The minimum atomic E-state index is 1.11. The van der Waals surface area contributed by atoms with Crippen LogP contribution in [0.25, 0.3) is 22.3 Å². The van der Waals surface area contributed by atoms with Crippen LogP contribution in [-0.2, 0) is 6.42 Å². The van der Waals surface area contributed by atoms with E-state index >= 15 is 0 Å². The van der Waals surface area contributed by atoms with Crippen molar-refractivity contribution in [2.75, 3.05) is 0 Å². The van der Waals surface area contributed by atoms with Crippen molar-refractivity contribution in [3.8, 4) is 22.3 Å². The second kappa shape index (κ2) is 6.93. The minimum Gasteiger partial charge on any atom is -0.0651 e. The number of hydrogen-bond acceptors (Lipinski definition) is 0. The molecule has 0 aromatic heterocycles. The van der Waals surface area contributed by atoms with E-state index < -0.39 is 0 Å². The molecule has 22 heavy (non-hydrogen) atoms. The zero-order valence-electron chi connectivity index (χ0n) is 12.7. The van der Waals surface area contributed by atoms with Crippen LogP contribution < -0.4 is 0 Å². The summed E-state index contributed by atoms with van der Waals surface area (Å²) < 4.78 is 1.11. The Labute approximate surface area is 141 Å². The maximum Gasteiger partial charge on any atom is 0.0175 e. The van der Waals surface area contributed by atoms with Crippen LogP contribution >= 0.6 is 15.9 Å². The lowest BCUT2D eigenvalue weighted by molar-refractivity contribution is 0.922. The van der Waals surface area contributed by atoms with Gasteiger partial charge < -0.3 is 0 Å². The Morgan fingerprint density at radius 2 is 0.955 bits per heavy atom. The van der Waals surface area contributed by atoms with E-state index in [9.17, 15) is 0 Å². The molecule has 3 rings (SSSR count). The summed E-state index contributed by atoms with van der Waals surface area (Å²) in [6.07, 6.45) is 2.35. The number of aryl methyl sites for hydroxylation is 1. The predicted molar refractivity (Wildman–Crippen MR) is 99.0 cm³/mol. The molecule has 110 valence electrons. The molecule has 0 atom stereocenters. The molecule has 0 bridgehead atoms. The van der Waals surface area contributed by atoms with Crippen molar-refractivity contribution in [1.29, 1.82) is 0 Å². The number of rotatable bonds is 4. The molecule has 1 heteroatoms. The molecule has 0 aliphatic carbocycles. The van der Waals surface area contributed by atoms with Crippen LogP contribution in [0, 0.1) is 0 Å². The molecule has 0 radical (unpaired) electrons. The largest absolute Gasteiger partial charge is 0.0651 e. The van der Waals surface area contributed by atoms with Crippen LogP contribution in [0.2, 0.25) is 0 Å². The summed E-state index contributed by atoms with van der Waals surface area (Å²) >= 11 is 3.48. The quantitative estimate of drug-likeness (QED) is 0.488. The Balaban J connectivity index is 1.83. The molecule has 0 spiro atoms. The lowest BCUT2D eigenvalue weighted by Crippen LogP contribution is -1.84. The Kier molecular flexibility index (Phi) is 4.74. The zero-order valence-corrected chi connectivity index (χ0v) is 14.3. The molecular formula is C21H19Br. The molecule has 0 unspecified atom stereocenters. The Morgan fingerprint density at radius 3 is 1.36 bits per heavy atom. The number of benzene rings is 3. The average molecular weight is 351 g/mol. The molecule has 0 nitrogen and oxygen atoms in total. The molecule has 3 aromatic carbocycles. The lowest BCUT2D eigenvalue weighted by Gasteiger charge is -2.06. The van der Waals surface area contributed by atoms with Gasteiger partial charge in [0.15, 0.2) is 0 Å². The van der Waals surface area contributed by atoms with Gasteiger partial charge in [-0.15, -0.1) is 0 Å². The van der Waals surface area contributed by atoms with E-state index in [1.807, 2.05) is 0 Å². The van der Waals surface area contributed by atoms with E-state index in [0.29, 0.717) is 0 Å². The van der Waals surface area contributed by atoms with Gasteiger partial charge in [-0.3, -0.25) is 0 Å². The summed E-state index contributed by atoms with van der Waals surface area (Å²) in [5, 5.41) is 0. The molecule has 0 amide bonds. The fourth-order valence-corrected chi connectivity index (χ4v) is 2.91. The monoisotopic (exact) mass is 350 g/mol. The molecule has 0 aliphatic heterocycles. The molecule has 3 aromatic rings. The van der Waals surface area contributed by atoms with Gasteiger partial charge >= 0.3 is 0 Å². The van der Waals surface area contributed by atoms with Gasteiger partial charge in [-0.25, -0.2) is 0 Å². The van der Waals surface area contributed by atoms with Gasteiger partial charge in [0.2, 0.25) is 0 Å². The molecule has 0 fully saturated rings. The first kappa shape index (κ1) is 15.1. The van der Waals surface area contributed by atoms with Gasteiger partial charge in [0.05, 0.1) is 0 Å². The van der Waals surface area contributed by atoms with Crippen molar-refractivity contribution < 1.29 is 0 Å². The molecule has 0 aliphatic rings. The summed E-state index contributed by atoms with van der Waals surface area (Å²) in [6.45, 7) is 2.22. The van der Waals surface area contributed by atoms with Crippen LogP contribution in [-0.4, -0.2) is 0 Å². The van der Waals surface area contributed by atoms with Crippen molar-refractivity contribution >= 4 is 15.9 Å². The predicted octanol–water partition coefficient (Wildman–Crippen LogP) is 6.74. The van der Waals surface area contributed by atoms with Crippen molar-refractivity contribution in [3.05, 3.63) is 82.8 Å². The van der Waals surface area contributed by atoms with Crippen LogP contribution in [0.15, 0.2) is 77.3 Å². The van der Waals surface area contributed by atoms with E-state index in [1.54, 1.807) is 0 Å². The van der Waals surface area contributed by atoms with Gasteiger partial charge in [0, 0.05) is 4.47 Å². The minimum absolute atomic E-state index is 1.11. The van der Waals surface area contributed by atoms with Crippen molar-refractivity contribution in [3.63, 3.8) is 0 Å². The normalized spacial score (nSPS) is 10.6. The second-order valence-corrected chi connectivity index (χ2v) is 6.45. The molecule has 0 saturated heterocycles. The summed E-state index contributed by atoms with van der Waals surface area (Å²) in [6, 6.07) is 26.1. The van der Waals surface area contributed by atoms with Crippen LogP contribution in [0.3, 0.4) is 0 Å². The van der Waals surface area contributed by atoms with Gasteiger partial charge in [-0.2, -0.15) is 0 Å². The SMILES string of the molecule is CCCc1ccc(-c2ccc(-c3ccc(Br)cc3)cc2)cc1. The lowest BCUT2D eigenvalue weighted by atomic mass is 9.99. The molecular weight excluding hydrogens is 332 g/mol. The fraction of sp³-hybridized carbons (Fsp3) is 0.143. The maximum atomic E-state index is 3.48. The highest BCUT2D eigenvalue weighted by molar-refractivity contribution is 9.10. The van der Waals surface area contributed by atoms with E-state index in [-0.39, 0.29) is 0 Å². The van der Waals surface area contributed by atoms with Crippen molar-refractivity contribution in [1.82, 2.24) is 0 Å². The third-order valence-electron chi connectivity index (χ3n) is 3.89. The summed E-state index contributed by atoms with van der Waals surface area (Å²) in [5.41, 5.74) is 6.45. The van der Waals surface area contributed by atoms with Crippen molar-refractivity contribution in [2.45, 2.75) is 19.8 Å². The molecule has 0 N–H and O–H groups in total. The summed E-state index contributed by atoms with van der Waals surface area (Å²) in [4.78, 5) is 0. The third kappa shape index (κ3) is 3.48. The first-order chi connectivity index (χ1) is 10.8. The Morgan fingerprint density at radius 1 is 0.591 bits per heavy atom. The van der Waals surface area contributed by atoms with Crippen molar-refractivity contribution in [2.24, 2.45) is 0 Å². The number of halogens is 1. The van der Waals surface area contributed by atoms with E-state index in [4.69, 9.17) is 0 Å². The topological polar surface area (TPSA) is 0 Å². The molecule has 0 saturated carbocycles.